The predicted octanol–water partition coefficient (Wildman–Crippen LogP) is 3.77. The van der Waals surface area contributed by atoms with E-state index in [0.29, 0.717) is 11.3 Å². The van der Waals surface area contributed by atoms with E-state index in [1.807, 2.05) is 18.2 Å². The lowest BCUT2D eigenvalue weighted by molar-refractivity contribution is 0.350. The molecular weight excluding hydrogens is 271 g/mol. The highest BCUT2D eigenvalue weighted by atomic mass is 32.2. The van der Waals surface area contributed by atoms with Crippen LogP contribution in [0.3, 0.4) is 0 Å². The highest BCUT2D eigenvalue weighted by molar-refractivity contribution is 7.98. The van der Waals surface area contributed by atoms with Crippen LogP contribution in [0.1, 0.15) is 16.7 Å². The van der Waals surface area contributed by atoms with Crippen molar-refractivity contribution in [3.8, 4) is 11.8 Å². The Labute approximate surface area is 122 Å². The maximum absolute atomic E-state index is 13.5. The molecule has 0 unspecified atom stereocenters. The summed E-state index contributed by atoms with van der Waals surface area (Å²) in [6, 6.07) is 13.0. The van der Waals surface area contributed by atoms with Gasteiger partial charge in [-0.1, -0.05) is 29.5 Å². The number of rotatable bonds is 3. The van der Waals surface area contributed by atoms with E-state index in [9.17, 15) is 4.39 Å². The summed E-state index contributed by atoms with van der Waals surface area (Å²) in [4.78, 5) is 1.16. The molecule has 0 aromatic heterocycles. The number of hydrogen-bond donors (Lipinski definition) is 1. The number of hydrogen-bond acceptors (Lipinski definition) is 2. The largest absolute Gasteiger partial charge is 0.384 e. The fourth-order valence-corrected chi connectivity index (χ4v) is 2.76. The average Bonchev–Trinajstić information content (AvgIpc) is 2.42. The molecule has 1 nitrogen and oxygen atoms in total. The van der Waals surface area contributed by atoms with Crippen molar-refractivity contribution < 1.29 is 9.50 Å². The lowest BCUT2D eigenvalue weighted by Crippen LogP contribution is -1.87. The van der Waals surface area contributed by atoms with Crippen LogP contribution in [0.2, 0.25) is 0 Å². The Kier molecular flexibility index (Phi) is 5.23. The van der Waals surface area contributed by atoms with E-state index in [0.717, 1.165) is 10.5 Å². The lowest BCUT2D eigenvalue weighted by Gasteiger charge is -2.04. The molecule has 0 aliphatic carbocycles. The molecule has 0 saturated carbocycles. The van der Waals surface area contributed by atoms with Crippen molar-refractivity contribution in [2.75, 3.05) is 6.61 Å². The van der Waals surface area contributed by atoms with Crippen LogP contribution >= 0.6 is 11.8 Å². The minimum Gasteiger partial charge on any atom is -0.384 e. The molecule has 3 heteroatoms. The first-order valence-corrected chi connectivity index (χ1v) is 7.24. The molecular formula is C17H15FOS. The third-order valence-electron chi connectivity index (χ3n) is 2.66. The monoisotopic (exact) mass is 286 g/mol. The fraction of sp³-hybridized carbons (Fsp3) is 0.176. The van der Waals surface area contributed by atoms with Gasteiger partial charge in [0.15, 0.2) is 0 Å². The standard InChI is InChI=1S/C17H15FOS/c1-13-4-2-6-17(8-13)20-12-15-9-14(5-3-7-19)10-16(18)11-15/h2,4,6,8-11,19H,7,12H2,1H3. The highest BCUT2D eigenvalue weighted by Gasteiger charge is 2.01. The number of thioether (sulfide) groups is 1. The van der Waals surface area contributed by atoms with Crippen LogP contribution in [0.4, 0.5) is 4.39 Å². The van der Waals surface area contributed by atoms with Gasteiger partial charge >= 0.3 is 0 Å². The molecule has 0 fully saturated rings. The summed E-state index contributed by atoms with van der Waals surface area (Å²) in [7, 11) is 0. The molecule has 20 heavy (non-hydrogen) atoms. The minimum atomic E-state index is -0.297. The first-order chi connectivity index (χ1) is 9.67. The maximum atomic E-state index is 13.5. The molecule has 0 saturated heterocycles. The van der Waals surface area contributed by atoms with E-state index < -0.39 is 0 Å². The second kappa shape index (κ2) is 7.14. The zero-order valence-corrected chi connectivity index (χ0v) is 12.0. The van der Waals surface area contributed by atoms with Gasteiger partial charge in [0.1, 0.15) is 12.4 Å². The number of aryl methyl sites for hydroxylation is 1. The number of benzene rings is 2. The van der Waals surface area contributed by atoms with Gasteiger partial charge in [-0.05, 0) is 42.8 Å². The van der Waals surface area contributed by atoms with Gasteiger partial charge in [-0.2, -0.15) is 0 Å². The van der Waals surface area contributed by atoms with E-state index in [4.69, 9.17) is 5.11 Å². The molecule has 0 heterocycles. The number of halogens is 1. The molecule has 0 radical (unpaired) electrons. The quantitative estimate of drug-likeness (QED) is 0.684. The van der Waals surface area contributed by atoms with E-state index in [2.05, 4.69) is 30.9 Å². The van der Waals surface area contributed by atoms with Gasteiger partial charge in [0.2, 0.25) is 0 Å². The molecule has 2 aromatic rings. The summed E-state index contributed by atoms with van der Waals surface area (Å²) < 4.78 is 13.5. The summed E-state index contributed by atoms with van der Waals surface area (Å²) in [6.45, 7) is 1.83. The van der Waals surface area contributed by atoms with Gasteiger partial charge < -0.3 is 5.11 Å². The summed E-state index contributed by atoms with van der Waals surface area (Å²) in [6.07, 6.45) is 0. The van der Waals surface area contributed by atoms with Gasteiger partial charge in [0.25, 0.3) is 0 Å². The zero-order valence-electron chi connectivity index (χ0n) is 11.2. The van der Waals surface area contributed by atoms with Crippen LogP contribution in [0.5, 0.6) is 0 Å². The van der Waals surface area contributed by atoms with Gasteiger partial charge in [0.05, 0.1) is 0 Å². The minimum absolute atomic E-state index is 0.218. The first-order valence-electron chi connectivity index (χ1n) is 6.26. The molecule has 1 N–H and O–H groups in total. The molecule has 0 bridgehead atoms. The van der Waals surface area contributed by atoms with Crippen molar-refractivity contribution in [3.05, 3.63) is 65.0 Å². The van der Waals surface area contributed by atoms with Crippen molar-refractivity contribution in [2.24, 2.45) is 0 Å². The van der Waals surface area contributed by atoms with Crippen LogP contribution in [0.25, 0.3) is 0 Å². The Hall–Kier alpha value is -1.76. The number of aliphatic hydroxyl groups is 1. The predicted molar refractivity (Wildman–Crippen MR) is 81.1 cm³/mol. The van der Waals surface area contributed by atoms with Crippen molar-refractivity contribution in [1.82, 2.24) is 0 Å². The Balaban J connectivity index is 2.11. The molecule has 0 atom stereocenters. The molecule has 0 spiro atoms. The highest BCUT2D eigenvalue weighted by Crippen LogP contribution is 2.24. The SMILES string of the molecule is Cc1cccc(SCc2cc(F)cc(C#CCO)c2)c1. The average molecular weight is 286 g/mol. The topological polar surface area (TPSA) is 20.2 Å². The van der Waals surface area contributed by atoms with Gasteiger partial charge in [-0.15, -0.1) is 11.8 Å². The van der Waals surface area contributed by atoms with Crippen LogP contribution in [-0.4, -0.2) is 11.7 Å². The van der Waals surface area contributed by atoms with Crippen molar-refractivity contribution in [3.63, 3.8) is 0 Å². The molecule has 102 valence electrons. The third-order valence-corrected chi connectivity index (χ3v) is 3.73. The molecule has 2 aromatic carbocycles. The molecule has 0 aliphatic heterocycles. The van der Waals surface area contributed by atoms with Crippen LogP contribution in [0.15, 0.2) is 47.4 Å². The van der Waals surface area contributed by atoms with Gasteiger partial charge in [-0.3, -0.25) is 0 Å². The van der Waals surface area contributed by atoms with Gasteiger partial charge in [0, 0.05) is 16.2 Å². The summed E-state index contributed by atoms with van der Waals surface area (Å²) >= 11 is 1.66. The van der Waals surface area contributed by atoms with Crippen LogP contribution in [0, 0.1) is 24.6 Å². The Morgan fingerprint density at radius 1 is 1.20 bits per heavy atom. The van der Waals surface area contributed by atoms with E-state index in [1.165, 1.54) is 17.7 Å². The summed E-state index contributed by atoms with van der Waals surface area (Å²) in [5, 5.41) is 8.67. The zero-order chi connectivity index (χ0) is 14.4. The van der Waals surface area contributed by atoms with Crippen molar-refractivity contribution in [1.29, 1.82) is 0 Å². The second-order valence-electron chi connectivity index (χ2n) is 4.41. The van der Waals surface area contributed by atoms with Gasteiger partial charge in [-0.25, -0.2) is 4.39 Å². The normalized spacial score (nSPS) is 9.95. The summed E-state index contributed by atoms with van der Waals surface area (Å²) in [5.41, 5.74) is 2.70. The smallest absolute Gasteiger partial charge is 0.124 e. The van der Waals surface area contributed by atoms with E-state index in [-0.39, 0.29) is 12.4 Å². The Morgan fingerprint density at radius 2 is 2.05 bits per heavy atom. The van der Waals surface area contributed by atoms with E-state index >= 15 is 0 Å². The van der Waals surface area contributed by atoms with E-state index in [1.54, 1.807) is 11.8 Å². The molecule has 2 rings (SSSR count). The van der Waals surface area contributed by atoms with Crippen LogP contribution < -0.4 is 0 Å². The molecule has 0 amide bonds. The van der Waals surface area contributed by atoms with Crippen molar-refractivity contribution in [2.45, 2.75) is 17.6 Å². The molecule has 0 aliphatic rings. The fourth-order valence-electron chi connectivity index (χ4n) is 1.82. The summed E-state index contributed by atoms with van der Waals surface area (Å²) in [5.74, 6) is 5.66. The maximum Gasteiger partial charge on any atom is 0.124 e. The lowest BCUT2D eigenvalue weighted by atomic mass is 10.1. The number of aliphatic hydroxyl groups excluding tert-OH is 1. The third kappa shape index (κ3) is 4.41. The Morgan fingerprint density at radius 3 is 2.80 bits per heavy atom. The first kappa shape index (κ1) is 14.6. The van der Waals surface area contributed by atoms with Crippen LogP contribution in [-0.2, 0) is 5.75 Å². The Bertz CT molecular complexity index is 656. The second-order valence-corrected chi connectivity index (χ2v) is 5.46. The van der Waals surface area contributed by atoms with Crippen molar-refractivity contribution >= 4 is 11.8 Å².